The van der Waals surface area contributed by atoms with Gasteiger partial charge in [0.1, 0.15) is 5.75 Å². The number of carbonyl (C=O) groups excluding carboxylic acids is 1. The fourth-order valence-corrected chi connectivity index (χ4v) is 4.12. The van der Waals surface area contributed by atoms with Crippen molar-refractivity contribution >= 4 is 27.7 Å². The molecule has 1 aromatic carbocycles. The molecule has 1 saturated heterocycles. The van der Waals surface area contributed by atoms with Crippen molar-refractivity contribution in [1.82, 2.24) is 9.21 Å². The zero-order chi connectivity index (χ0) is 17.9. The Morgan fingerprint density at radius 3 is 2.54 bits per heavy atom. The number of primary amides is 1. The Kier molecular flexibility index (Phi) is 5.83. The minimum atomic E-state index is -3.88. The van der Waals surface area contributed by atoms with Crippen LogP contribution in [0.25, 0.3) is 0 Å². The van der Waals surface area contributed by atoms with Crippen LogP contribution in [-0.2, 0) is 10.0 Å². The van der Waals surface area contributed by atoms with Gasteiger partial charge < -0.3 is 15.4 Å². The van der Waals surface area contributed by atoms with Crippen LogP contribution in [-0.4, -0.2) is 56.4 Å². The summed E-state index contributed by atoms with van der Waals surface area (Å²) in [6.45, 7) is -2.23. The molecule has 1 aliphatic heterocycles. The van der Waals surface area contributed by atoms with Crippen LogP contribution in [0.15, 0.2) is 23.1 Å². The van der Waals surface area contributed by atoms with Crippen LogP contribution in [0.4, 0.5) is 13.6 Å². The molecule has 0 aromatic heterocycles. The van der Waals surface area contributed by atoms with Gasteiger partial charge in [0, 0.05) is 26.2 Å². The van der Waals surface area contributed by atoms with E-state index in [4.69, 9.17) is 17.3 Å². The highest BCUT2D eigenvalue weighted by Gasteiger charge is 2.28. The molecule has 11 heteroatoms. The predicted molar refractivity (Wildman–Crippen MR) is 82.6 cm³/mol. The standard InChI is InChI=1S/C13H16ClF2N3O4S/c14-10-8-9(2-3-11(10)23-12(15)16)24(21,22)19-5-1-4-18(6-7-19)13(17)20/h2-3,8,12H,1,4-7H2,(H2,17,20). The van der Waals surface area contributed by atoms with Gasteiger partial charge in [-0.2, -0.15) is 13.1 Å². The van der Waals surface area contributed by atoms with Crippen LogP contribution < -0.4 is 10.5 Å². The first-order chi connectivity index (χ1) is 11.2. The van der Waals surface area contributed by atoms with Crippen molar-refractivity contribution < 1.29 is 26.7 Å². The maximum Gasteiger partial charge on any atom is 0.387 e. The number of hydrogen-bond acceptors (Lipinski definition) is 4. The number of hydrogen-bond donors (Lipinski definition) is 1. The molecular formula is C13H16ClF2N3O4S. The van der Waals surface area contributed by atoms with Crippen molar-refractivity contribution in [3.05, 3.63) is 23.2 Å². The molecule has 134 valence electrons. The van der Waals surface area contributed by atoms with E-state index >= 15 is 0 Å². The number of ether oxygens (including phenoxy) is 1. The van der Waals surface area contributed by atoms with Crippen LogP contribution in [0.5, 0.6) is 5.75 Å². The van der Waals surface area contributed by atoms with Gasteiger partial charge in [0.2, 0.25) is 10.0 Å². The van der Waals surface area contributed by atoms with Gasteiger partial charge in [0.25, 0.3) is 0 Å². The third-order valence-corrected chi connectivity index (χ3v) is 5.71. The lowest BCUT2D eigenvalue weighted by atomic mass is 10.3. The summed E-state index contributed by atoms with van der Waals surface area (Å²) in [7, 11) is -3.88. The molecule has 7 nitrogen and oxygen atoms in total. The van der Waals surface area contributed by atoms with Crippen LogP contribution in [0.2, 0.25) is 5.02 Å². The van der Waals surface area contributed by atoms with Crippen LogP contribution >= 0.6 is 11.6 Å². The number of alkyl halides is 2. The number of rotatable bonds is 4. The molecule has 0 spiro atoms. The summed E-state index contributed by atoms with van der Waals surface area (Å²) in [4.78, 5) is 12.4. The molecule has 0 saturated carbocycles. The van der Waals surface area contributed by atoms with Gasteiger partial charge in [-0.05, 0) is 24.6 Å². The second-order valence-corrected chi connectivity index (χ2v) is 7.40. The second kappa shape index (κ2) is 7.49. The van der Waals surface area contributed by atoms with E-state index in [0.29, 0.717) is 13.0 Å². The van der Waals surface area contributed by atoms with E-state index in [-0.39, 0.29) is 35.3 Å². The average molecular weight is 384 g/mol. The molecule has 2 N–H and O–H groups in total. The number of carbonyl (C=O) groups is 1. The Balaban J connectivity index is 2.21. The Morgan fingerprint density at radius 2 is 1.96 bits per heavy atom. The molecule has 0 atom stereocenters. The normalized spacial score (nSPS) is 16.9. The number of amides is 2. The van der Waals surface area contributed by atoms with Gasteiger partial charge in [-0.1, -0.05) is 11.6 Å². The maximum absolute atomic E-state index is 12.6. The fraction of sp³-hybridized carbons (Fsp3) is 0.462. The summed E-state index contributed by atoms with van der Waals surface area (Å²) < 4.78 is 55.1. The number of benzene rings is 1. The first kappa shape index (κ1) is 18.7. The van der Waals surface area contributed by atoms with Gasteiger partial charge >= 0.3 is 12.6 Å². The summed E-state index contributed by atoms with van der Waals surface area (Å²) in [6, 6.07) is 2.68. The van der Waals surface area contributed by atoms with Crippen molar-refractivity contribution in [2.24, 2.45) is 5.73 Å². The monoisotopic (exact) mass is 383 g/mol. The summed E-state index contributed by atoms with van der Waals surface area (Å²) in [5, 5.41) is -0.232. The highest BCUT2D eigenvalue weighted by molar-refractivity contribution is 7.89. The second-order valence-electron chi connectivity index (χ2n) is 5.05. The van der Waals surface area contributed by atoms with Crippen molar-refractivity contribution in [2.45, 2.75) is 17.9 Å². The van der Waals surface area contributed by atoms with Gasteiger partial charge in [0.05, 0.1) is 9.92 Å². The molecule has 1 heterocycles. The molecule has 1 aliphatic rings. The number of sulfonamides is 1. The van der Waals surface area contributed by atoms with E-state index in [2.05, 4.69) is 4.74 Å². The lowest BCUT2D eigenvalue weighted by molar-refractivity contribution is -0.0498. The molecule has 2 amide bonds. The minimum Gasteiger partial charge on any atom is -0.433 e. The molecular weight excluding hydrogens is 368 g/mol. The molecule has 0 aliphatic carbocycles. The Morgan fingerprint density at radius 1 is 1.25 bits per heavy atom. The van der Waals surface area contributed by atoms with E-state index in [1.54, 1.807) is 0 Å². The first-order valence-corrected chi connectivity index (χ1v) is 8.82. The summed E-state index contributed by atoms with van der Waals surface area (Å²) in [6.07, 6.45) is 0.433. The predicted octanol–water partition coefficient (Wildman–Crippen LogP) is 1.72. The lowest BCUT2D eigenvalue weighted by Gasteiger charge is -2.21. The van der Waals surface area contributed by atoms with E-state index in [0.717, 1.165) is 18.2 Å². The first-order valence-electron chi connectivity index (χ1n) is 7.00. The van der Waals surface area contributed by atoms with Crippen LogP contribution in [0.1, 0.15) is 6.42 Å². The number of nitrogens with zero attached hydrogens (tertiary/aromatic N) is 2. The molecule has 1 aromatic rings. The summed E-state index contributed by atoms with van der Waals surface area (Å²) in [5.41, 5.74) is 5.20. The smallest absolute Gasteiger partial charge is 0.387 e. The maximum atomic E-state index is 12.6. The zero-order valence-corrected chi connectivity index (χ0v) is 14.1. The average Bonchev–Trinajstić information content (AvgIpc) is 2.75. The van der Waals surface area contributed by atoms with Crippen molar-refractivity contribution in [3.8, 4) is 5.75 Å². The molecule has 0 bridgehead atoms. The zero-order valence-electron chi connectivity index (χ0n) is 12.5. The lowest BCUT2D eigenvalue weighted by Crippen LogP contribution is -2.39. The molecule has 24 heavy (non-hydrogen) atoms. The number of urea groups is 1. The molecule has 2 rings (SSSR count). The highest BCUT2D eigenvalue weighted by atomic mass is 35.5. The van der Waals surface area contributed by atoms with Gasteiger partial charge in [-0.3, -0.25) is 0 Å². The molecule has 0 unspecified atom stereocenters. The Bertz CT molecular complexity index is 717. The topological polar surface area (TPSA) is 92.9 Å². The SMILES string of the molecule is NC(=O)N1CCCN(S(=O)(=O)c2ccc(OC(F)F)c(Cl)c2)CC1. The van der Waals surface area contributed by atoms with Gasteiger partial charge in [-0.15, -0.1) is 0 Å². The molecule has 1 fully saturated rings. The fourth-order valence-electron chi connectivity index (χ4n) is 2.34. The number of nitrogens with two attached hydrogens (primary N) is 1. The third kappa shape index (κ3) is 4.25. The van der Waals surface area contributed by atoms with Crippen molar-refractivity contribution in [2.75, 3.05) is 26.2 Å². The summed E-state index contributed by atoms with van der Waals surface area (Å²) >= 11 is 5.80. The minimum absolute atomic E-state index is 0.0815. The Labute approximate surface area is 143 Å². The highest BCUT2D eigenvalue weighted by Crippen LogP contribution is 2.30. The van der Waals surface area contributed by atoms with Crippen LogP contribution in [0.3, 0.4) is 0 Å². The van der Waals surface area contributed by atoms with Crippen LogP contribution in [0, 0.1) is 0 Å². The van der Waals surface area contributed by atoms with E-state index in [1.165, 1.54) is 9.21 Å². The molecule has 0 radical (unpaired) electrons. The summed E-state index contributed by atoms with van der Waals surface area (Å²) in [5.74, 6) is -0.304. The quantitative estimate of drug-likeness (QED) is 0.856. The Hall–Kier alpha value is -1.65. The van der Waals surface area contributed by atoms with E-state index < -0.39 is 22.7 Å². The number of halogens is 3. The van der Waals surface area contributed by atoms with Gasteiger partial charge in [0.15, 0.2) is 0 Å². The third-order valence-electron chi connectivity index (χ3n) is 3.52. The van der Waals surface area contributed by atoms with Gasteiger partial charge in [-0.25, -0.2) is 13.2 Å². The van der Waals surface area contributed by atoms with Crippen molar-refractivity contribution in [3.63, 3.8) is 0 Å². The van der Waals surface area contributed by atoms with E-state index in [9.17, 15) is 22.0 Å². The van der Waals surface area contributed by atoms with E-state index in [1.807, 2.05) is 0 Å². The van der Waals surface area contributed by atoms with Crippen molar-refractivity contribution in [1.29, 1.82) is 0 Å². The largest absolute Gasteiger partial charge is 0.433 e.